The fourth-order valence-electron chi connectivity index (χ4n) is 2.77. The molecular formula is C13H19NO2. The van der Waals surface area contributed by atoms with Crippen LogP contribution in [-0.4, -0.2) is 17.8 Å². The van der Waals surface area contributed by atoms with Gasteiger partial charge in [-0.2, -0.15) is 0 Å². The number of methoxy groups -OCH3 is 1. The van der Waals surface area contributed by atoms with E-state index in [2.05, 4.69) is 6.92 Å². The molecule has 3 nitrogen and oxygen atoms in total. The van der Waals surface area contributed by atoms with E-state index >= 15 is 0 Å². The zero-order valence-corrected chi connectivity index (χ0v) is 10.5. The fraction of sp³-hybridized carbons (Fsp3) is 0.615. The van der Waals surface area contributed by atoms with E-state index in [1.54, 1.807) is 4.57 Å². The van der Waals surface area contributed by atoms with Gasteiger partial charge in [0.05, 0.1) is 7.11 Å². The van der Waals surface area contributed by atoms with Gasteiger partial charge in [-0.15, -0.1) is 0 Å². The highest BCUT2D eigenvalue weighted by Crippen LogP contribution is 2.32. The largest absolute Gasteiger partial charge is 0.452 e. The van der Waals surface area contributed by atoms with Crippen LogP contribution in [0.3, 0.4) is 0 Å². The maximum Gasteiger partial charge on any atom is 0.418 e. The lowest BCUT2D eigenvalue weighted by atomic mass is 9.85. The van der Waals surface area contributed by atoms with Gasteiger partial charge in [0.15, 0.2) is 0 Å². The number of fused-ring (bicyclic) bond motifs is 1. The van der Waals surface area contributed by atoms with Gasteiger partial charge in [-0.3, -0.25) is 4.57 Å². The Balaban J connectivity index is 2.53. The number of hydrogen-bond acceptors (Lipinski definition) is 2. The molecule has 1 heterocycles. The van der Waals surface area contributed by atoms with Crippen LogP contribution in [0.5, 0.6) is 0 Å². The Morgan fingerprint density at radius 3 is 2.56 bits per heavy atom. The minimum Gasteiger partial charge on any atom is -0.452 e. The van der Waals surface area contributed by atoms with Crippen LogP contribution in [0.15, 0.2) is 0 Å². The van der Waals surface area contributed by atoms with Gasteiger partial charge in [-0.05, 0) is 50.2 Å². The molecule has 0 aliphatic heterocycles. The number of nitrogens with zero attached hydrogens (tertiary/aromatic N) is 1. The summed E-state index contributed by atoms with van der Waals surface area (Å²) < 4.78 is 6.54. The minimum atomic E-state index is -0.267. The molecule has 16 heavy (non-hydrogen) atoms. The van der Waals surface area contributed by atoms with Crippen LogP contribution in [0.2, 0.25) is 0 Å². The molecule has 0 aromatic carbocycles. The van der Waals surface area contributed by atoms with Gasteiger partial charge in [0, 0.05) is 11.4 Å². The Kier molecular flexibility index (Phi) is 2.78. The molecule has 0 saturated heterocycles. The molecule has 1 atom stereocenters. The van der Waals surface area contributed by atoms with Gasteiger partial charge < -0.3 is 4.74 Å². The Morgan fingerprint density at radius 1 is 1.31 bits per heavy atom. The second-order valence-corrected chi connectivity index (χ2v) is 4.78. The van der Waals surface area contributed by atoms with Crippen molar-refractivity contribution in [2.24, 2.45) is 5.92 Å². The van der Waals surface area contributed by atoms with Crippen LogP contribution in [0.4, 0.5) is 4.79 Å². The number of carbonyl (C=O) groups excluding carboxylic acids is 1. The van der Waals surface area contributed by atoms with E-state index < -0.39 is 0 Å². The fourth-order valence-corrected chi connectivity index (χ4v) is 2.77. The smallest absolute Gasteiger partial charge is 0.418 e. The van der Waals surface area contributed by atoms with E-state index in [-0.39, 0.29) is 6.09 Å². The highest BCUT2D eigenvalue weighted by atomic mass is 16.5. The van der Waals surface area contributed by atoms with Crippen molar-refractivity contribution >= 4 is 6.09 Å². The third kappa shape index (κ3) is 1.55. The molecule has 2 rings (SSSR count). The number of aromatic nitrogens is 1. The molecule has 0 spiro atoms. The van der Waals surface area contributed by atoms with E-state index in [1.807, 2.05) is 13.8 Å². The zero-order valence-electron chi connectivity index (χ0n) is 10.5. The van der Waals surface area contributed by atoms with Crippen molar-refractivity contribution in [1.29, 1.82) is 0 Å². The van der Waals surface area contributed by atoms with E-state index in [4.69, 9.17) is 4.74 Å². The summed E-state index contributed by atoms with van der Waals surface area (Å²) in [6.07, 6.45) is 3.13. The average molecular weight is 221 g/mol. The SMILES string of the molecule is COC(=O)n1c(C)c2c(c1C)CC(C)CC2. The van der Waals surface area contributed by atoms with Crippen molar-refractivity contribution in [1.82, 2.24) is 4.57 Å². The van der Waals surface area contributed by atoms with Gasteiger partial charge in [0.2, 0.25) is 0 Å². The maximum atomic E-state index is 11.7. The molecule has 1 aliphatic carbocycles. The molecule has 0 radical (unpaired) electrons. The highest BCUT2D eigenvalue weighted by molar-refractivity contribution is 5.74. The predicted molar refractivity (Wildman–Crippen MR) is 62.9 cm³/mol. The van der Waals surface area contributed by atoms with Crippen LogP contribution in [0, 0.1) is 19.8 Å². The predicted octanol–water partition coefficient (Wildman–Crippen LogP) is 2.84. The second-order valence-electron chi connectivity index (χ2n) is 4.78. The van der Waals surface area contributed by atoms with Crippen molar-refractivity contribution < 1.29 is 9.53 Å². The molecule has 0 amide bonds. The van der Waals surface area contributed by atoms with Gasteiger partial charge >= 0.3 is 6.09 Å². The molecule has 0 bridgehead atoms. The molecule has 3 heteroatoms. The van der Waals surface area contributed by atoms with Crippen molar-refractivity contribution in [3.8, 4) is 0 Å². The third-order valence-electron chi connectivity index (χ3n) is 3.71. The Bertz CT molecular complexity index is 432. The lowest BCUT2D eigenvalue weighted by Crippen LogP contribution is -2.14. The van der Waals surface area contributed by atoms with E-state index in [0.29, 0.717) is 0 Å². The Hall–Kier alpha value is -1.25. The van der Waals surface area contributed by atoms with Gasteiger partial charge in [0.1, 0.15) is 0 Å². The molecule has 0 fully saturated rings. The number of rotatable bonds is 0. The number of ether oxygens (including phenoxy) is 1. The van der Waals surface area contributed by atoms with Crippen LogP contribution in [0.25, 0.3) is 0 Å². The first-order valence-corrected chi connectivity index (χ1v) is 5.84. The highest BCUT2D eigenvalue weighted by Gasteiger charge is 2.25. The summed E-state index contributed by atoms with van der Waals surface area (Å²) in [6, 6.07) is 0. The second kappa shape index (κ2) is 3.96. The summed E-state index contributed by atoms with van der Waals surface area (Å²) in [5.74, 6) is 0.721. The Morgan fingerprint density at radius 2 is 1.94 bits per heavy atom. The van der Waals surface area contributed by atoms with E-state index in [1.165, 1.54) is 24.7 Å². The first-order chi connectivity index (χ1) is 7.56. The summed E-state index contributed by atoms with van der Waals surface area (Å²) in [5.41, 5.74) is 4.85. The molecule has 88 valence electrons. The number of hydrogen-bond donors (Lipinski definition) is 0. The number of carbonyl (C=O) groups is 1. The van der Waals surface area contributed by atoms with Crippen molar-refractivity contribution in [2.75, 3.05) is 7.11 Å². The van der Waals surface area contributed by atoms with Crippen molar-refractivity contribution in [3.63, 3.8) is 0 Å². The topological polar surface area (TPSA) is 31.2 Å². The van der Waals surface area contributed by atoms with E-state index in [0.717, 1.165) is 30.1 Å². The molecule has 1 aliphatic rings. The van der Waals surface area contributed by atoms with Gasteiger partial charge in [-0.25, -0.2) is 4.79 Å². The minimum absolute atomic E-state index is 0.267. The van der Waals surface area contributed by atoms with Gasteiger partial charge in [0.25, 0.3) is 0 Å². The van der Waals surface area contributed by atoms with Crippen LogP contribution in [-0.2, 0) is 17.6 Å². The zero-order chi connectivity index (χ0) is 11.9. The normalized spacial score (nSPS) is 19.4. The van der Waals surface area contributed by atoms with Crippen LogP contribution < -0.4 is 0 Å². The summed E-state index contributed by atoms with van der Waals surface area (Å²) in [5, 5.41) is 0. The maximum absolute atomic E-state index is 11.7. The molecular weight excluding hydrogens is 202 g/mol. The van der Waals surface area contributed by atoms with Crippen LogP contribution in [0.1, 0.15) is 35.9 Å². The van der Waals surface area contributed by atoms with Crippen molar-refractivity contribution in [2.45, 2.75) is 40.0 Å². The molecule has 1 aromatic heterocycles. The van der Waals surface area contributed by atoms with Crippen molar-refractivity contribution in [3.05, 3.63) is 22.5 Å². The van der Waals surface area contributed by atoms with Gasteiger partial charge in [-0.1, -0.05) is 6.92 Å². The summed E-state index contributed by atoms with van der Waals surface area (Å²) in [7, 11) is 1.43. The average Bonchev–Trinajstić information content (AvgIpc) is 2.51. The molecule has 0 N–H and O–H groups in total. The lowest BCUT2D eigenvalue weighted by Gasteiger charge is -2.19. The summed E-state index contributed by atoms with van der Waals surface area (Å²) in [4.78, 5) is 11.7. The molecule has 0 saturated carbocycles. The molecule has 1 aromatic rings. The van der Waals surface area contributed by atoms with E-state index in [9.17, 15) is 4.79 Å². The summed E-state index contributed by atoms with van der Waals surface area (Å²) >= 11 is 0. The first-order valence-electron chi connectivity index (χ1n) is 5.84. The quantitative estimate of drug-likeness (QED) is 0.674. The third-order valence-corrected chi connectivity index (χ3v) is 3.71. The lowest BCUT2D eigenvalue weighted by molar-refractivity contribution is 0.172. The standard InChI is InChI=1S/C13H19NO2/c1-8-5-6-11-9(2)14(13(15)16-4)10(3)12(11)7-8/h8H,5-7H2,1-4H3. The first kappa shape index (κ1) is 11.2. The van der Waals surface area contributed by atoms with Crippen LogP contribution >= 0.6 is 0 Å². The monoisotopic (exact) mass is 221 g/mol. The Labute approximate surface area is 96.4 Å². The summed E-state index contributed by atoms with van der Waals surface area (Å²) in [6.45, 7) is 6.30. The molecule has 1 unspecified atom stereocenters.